The average Bonchev–Trinajstić information content (AvgIpc) is 2.75. The van der Waals surface area contributed by atoms with E-state index in [2.05, 4.69) is 74.4 Å². The average molecular weight is 440 g/mol. The minimum Gasteiger partial charge on any atom is -0.385 e. The Morgan fingerprint density at radius 2 is 2.09 bits per heavy atom. The van der Waals surface area contributed by atoms with Crippen molar-refractivity contribution in [1.29, 1.82) is 0 Å². The van der Waals surface area contributed by atoms with Gasteiger partial charge in [0.05, 0.1) is 25.1 Å². The molecule has 0 atom stereocenters. The first-order valence-electron chi connectivity index (χ1n) is 10.9. The SMILES string of the molecule is C=C/C(=C\C=C(/C)CN/C=C(NN)/C(/C=C\CC1=CCN(C)N=C1)=C/COC)C(C)(C)C. The van der Waals surface area contributed by atoms with E-state index in [0.29, 0.717) is 13.2 Å². The van der Waals surface area contributed by atoms with E-state index in [0.717, 1.165) is 24.2 Å². The fourth-order valence-corrected chi connectivity index (χ4v) is 2.86. The molecule has 0 amide bonds. The summed E-state index contributed by atoms with van der Waals surface area (Å²) >= 11 is 0. The van der Waals surface area contributed by atoms with Gasteiger partial charge >= 0.3 is 0 Å². The quantitative estimate of drug-likeness (QED) is 0.239. The topological polar surface area (TPSA) is 74.9 Å². The molecule has 0 fully saturated rings. The van der Waals surface area contributed by atoms with Crippen molar-refractivity contribution in [3.05, 3.63) is 83.3 Å². The third kappa shape index (κ3) is 10.5. The Hall–Kier alpha value is -2.83. The molecule has 0 saturated heterocycles. The zero-order valence-corrected chi connectivity index (χ0v) is 20.6. The molecule has 1 aliphatic rings. The summed E-state index contributed by atoms with van der Waals surface area (Å²) in [7, 11) is 3.63. The van der Waals surface area contributed by atoms with Crippen LogP contribution >= 0.6 is 0 Å². The van der Waals surface area contributed by atoms with Crippen molar-refractivity contribution >= 4 is 6.21 Å². The first kappa shape index (κ1) is 27.2. The molecule has 4 N–H and O–H groups in total. The van der Waals surface area contributed by atoms with E-state index in [1.807, 2.05) is 42.7 Å². The number of hydrazine groups is 1. The van der Waals surface area contributed by atoms with Crippen LogP contribution in [0.4, 0.5) is 0 Å². The molecule has 0 radical (unpaired) electrons. The van der Waals surface area contributed by atoms with Gasteiger partial charge < -0.3 is 15.5 Å². The van der Waals surface area contributed by atoms with Gasteiger partial charge in [-0.05, 0) is 41.6 Å². The van der Waals surface area contributed by atoms with Crippen LogP contribution in [0.25, 0.3) is 0 Å². The number of methoxy groups -OCH3 is 1. The molecule has 1 heterocycles. The van der Waals surface area contributed by atoms with Gasteiger partial charge in [-0.1, -0.05) is 69.4 Å². The summed E-state index contributed by atoms with van der Waals surface area (Å²) in [4.78, 5) is 0. The third-order valence-electron chi connectivity index (χ3n) is 4.89. The highest BCUT2D eigenvalue weighted by molar-refractivity contribution is 5.79. The van der Waals surface area contributed by atoms with Gasteiger partial charge in [-0.3, -0.25) is 10.9 Å². The van der Waals surface area contributed by atoms with Gasteiger partial charge in [-0.15, -0.1) is 0 Å². The molecule has 1 aliphatic heterocycles. The van der Waals surface area contributed by atoms with Crippen LogP contribution in [0.2, 0.25) is 0 Å². The maximum absolute atomic E-state index is 5.81. The second kappa shape index (κ2) is 14.3. The number of hydrogen-bond acceptors (Lipinski definition) is 6. The van der Waals surface area contributed by atoms with Crippen molar-refractivity contribution in [2.24, 2.45) is 16.4 Å². The van der Waals surface area contributed by atoms with Crippen molar-refractivity contribution in [2.75, 3.05) is 33.9 Å². The van der Waals surface area contributed by atoms with Gasteiger partial charge in [0.1, 0.15) is 0 Å². The molecule has 0 aliphatic carbocycles. The second-order valence-electron chi connectivity index (χ2n) is 8.76. The molecule has 0 aromatic heterocycles. The van der Waals surface area contributed by atoms with Crippen molar-refractivity contribution in [3.8, 4) is 0 Å². The third-order valence-corrected chi connectivity index (χ3v) is 4.89. The number of nitrogens with zero attached hydrogens (tertiary/aromatic N) is 2. The van der Waals surface area contributed by atoms with Crippen molar-refractivity contribution in [2.45, 2.75) is 34.1 Å². The first-order valence-corrected chi connectivity index (χ1v) is 10.9. The van der Waals surface area contributed by atoms with Gasteiger partial charge in [-0.2, -0.15) is 5.10 Å². The summed E-state index contributed by atoms with van der Waals surface area (Å²) < 4.78 is 5.22. The molecule has 32 heavy (non-hydrogen) atoms. The zero-order valence-electron chi connectivity index (χ0n) is 20.6. The summed E-state index contributed by atoms with van der Waals surface area (Å²) in [5, 5.41) is 9.55. The van der Waals surface area contributed by atoms with Crippen LogP contribution in [0.15, 0.2) is 88.4 Å². The minimum atomic E-state index is 0.0747. The van der Waals surface area contributed by atoms with E-state index in [4.69, 9.17) is 10.6 Å². The number of nitrogens with one attached hydrogen (secondary N) is 2. The normalized spacial score (nSPS) is 16.5. The number of ether oxygens (including phenoxy) is 1. The largest absolute Gasteiger partial charge is 0.385 e. The standard InChI is InChI=1S/C26H41N5O/c1-8-24(26(3,4)5)13-12-21(2)18-28-20-25(30-27)23(15-17-32-7)11-9-10-22-14-16-31(6)29-19-22/h8-9,11-15,19-20,28,30H,1,10,16-18,27H2,2-7H3/b11-9-,21-12+,23-15+,24-13+,25-20-. The van der Waals surface area contributed by atoms with Gasteiger partial charge in [0, 0.05) is 26.9 Å². The fraction of sp³-hybridized carbons (Fsp3) is 0.423. The summed E-state index contributed by atoms with van der Waals surface area (Å²) in [6.07, 6.45) is 19.1. The van der Waals surface area contributed by atoms with Gasteiger partial charge in [-0.25, -0.2) is 0 Å². The highest BCUT2D eigenvalue weighted by Gasteiger charge is 2.12. The molecule has 6 heteroatoms. The predicted octanol–water partition coefficient (Wildman–Crippen LogP) is 4.36. The molecule has 0 spiro atoms. The van der Waals surface area contributed by atoms with E-state index in [9.17, 15) is 0 Å². The summed E-state index contributed by atoms with van der Waals surface area (Å²) in [5.74, 6) is 5.81. The van der Waals surface area contributed by atoms with Crippen LogP contribution in [0.5, 0.6) is 0 Å². The highest BCUT2D eigenvalue weighted by Crippen LogP contribution is 2.25. The molecular formula is C26H41N5O. The zero-order chi connectivity index (χ0) is 24.0. The van der Waals surface area contributed by atoms with Crippen molar-refractivity contribution in [1.82, 2.24) is 15.8 Å². The first-order chi connectivity index (χ1) is 15.2. The lowest BCUT2D eigenvalue weighted by molar-refractivity contribution is 0.233. The van der Waals surface area contributed by atoms with E-state index >= 15 is 0 Å². The summed E-state index contributed by atoms with van der Waals surface area (Å²) in [6, 6.07) is 0. The molecule has 0 unspecified atom stereocenters. The Bertz CT molecular complexity index is 820. The monoisotopic (exact) mass is 439 g/mol. The van der Waals surface area contributed by atoms with Crippen LogP contribution in [-0.4, -0.2) is 45.1 Å². The van der Waals surface area contributed by atoms with Gasteiger partial charge in [0.15, 0.2) is 0 Å². The lowest BCUT2D eigenvalue weighted by atomic mass is 9.86. The minimum absolute atomic E-state index is 0.0747. The van der Waals surface area contributed by atoms with Crippen LogP contribution in [0, 0.1) is 5.41 Å². The van der Waals surface area contributed by atoms with Gasteiger partial charge in [0.25, 0.3) is 0 Å². The van der Waals surface area contributed by atoms with Crippen molar-refractivity contribution in [3.63, 3.8) is 0 Å². The second-order valence-corrected chi connectivity index (χ2v) is 8.76. The molecule has 0 saturated carbocycles. The Balaban J connectivity index is 2.82. The molecule has 0 aromatic rings. The molecule has 176 valence electrons. The number of rotatable bonds is 12. The molecule has 0 aromatic carbocycles. The number of nitrogens with two attached hydrogens (primary N) is 1. The van der Waals surface area contributed by atoms with E-state index in [1.54, 1.807) is 7.11 Å². The molecule has 0 bridgehead atoms. The maximum Gasteiger partial charge on any atom is 0.0713 e. The molecule has 1 rings (SSSR count). The van der Waals surface area contributed by atoms with E-state index in [1.165, 1.54) is 16.7 Å². The van der Waals surface area contributed by atoms with Crippen molar-refractivity contribution < 1.29 is 4.74 Å². The number of hydrazone groups is 1. The summed E-state index contributed by atoms with van der Waals surface area (Å²) in [6.45, 7) is 14.6. The Morgan fingerprint density at radius 1 is 1.34 bits per heavy atom. The molecular weight excluding hydrogens is 398 g/mol. The predicted molar refractivity (Wildman–Crippen MR) is 138 cm³/mol. The lowest BCUT2D eigenvalue weighted by Crippen LogP contribution is -2.25. The van der Waals surface area contributed by atoms with Crippen LogP contribution in [0.1, 0.15) is 34.1 Å². The van der Waals surface area contributed by atoms with Gasteiger partial charge in [0.2, 0.25) is 0 Å². The highest BCUT2D eigenvalue weighted by atomic mass is 16.5. The summed E-state index contributed by atoms with van der Waals surface area (Å²) in [5.41, 5.74) is 8.20. The molecule has 6 nitrogen and oxygen atoms in total. The van der Waals surface area contributed by atoms with Crippen LogP contribution in [-0.2, 0) is 4.74 Å². The fourth-order valence-electron chi connectivity index (χ4n) is 2.86. The van der Waals surface area contributed by atoms with Crippen LogP contribution in [0.3, 0.4) is 0 Å². The van der Waals surface area contributed by atoms with E-state index in [-0.39, 0.29) is 5.41 Å². The lowest BCUT2D eigenvalue weighted by Gasteiger charge is -2.19. The smallest absolute Gasteiger partial charge is 0.0713 e. The number of likely N-dealkylation sites (N-methyl/N-ethyl adjacent to an activating group) is 1. The maximum atomic E-state index is 5.81. The Kier molecular flexibility index (Phi) is 12.1. The Labute approximate surface area is 194 Å². The number of allylic oxidation sites excluding steroid dienone is 7. The number of hydrogen-bond donors (Lipinski definition) is 3. The van der Waals surface area contributed by atoms with E-state index < -0.39 is 0 Å². The Morgan fingerprint density at radius 3 is 2.66 bits per heavy atom. The van der Waals surface area contributed by atoms with Crippen LogP contribution < -0.4 is 16.6 Å².